The molecule has 57 heteroatoms. The molecule has 14 aromatic rings. The number of methoxy groups -OCH3 is 2. The molecule has 2 N–H and O–H groups in total. The van der Waals surface area contributed by atoms with Crippen molar-refractivity contribution < 1.29 is 128 Å². The quantitative estimate of drug-likeness (QED) is 0.0393. The maximum Gasteiger partial charge on any atom is 0.437 e. The Balaban J connectivity index is 0.000000174. The molecule has 0 spiro atoms. The fraction of sp³-hybridized carbons (Fsp3) is 0.227. The van der Waals surface area contributed by atoms with E-state index in [2.05, 4.69) is 95.1 Å². The number of amides is 2. The van der Waals surface area contributed by atoms with Gasteiger partial charge in [-0.1, -0.05) is 22.7 Å². The number of alkyl halides is 18. The average Bonchev–Trinajstić information content (AvgIpc) is 1.63. The maximum absolute atomic E-state index is 13.4. The molecule has 0 unspecified atom stereocenters. The Bertz CT molecular complexity index is 6350. The van der Waals surface area contributed by atoms with Crippen LogP contribution in [-0.2, 0) is 56.7 Å². The highest BCUT2D eigenvalue weighted by Gasteiger charge is 2.45. The molecule has 1 saturated carbocycles. The van der Waals surface area contributed by atoms with Crippen LogP contribution in [0, 0.1) is 23.3 Å². The lowest BCUT2D eigenvalue weighted by atomic mass is 10.2. The highest BCUT2D eigenvalue weighted by Crippen LogP contribution is 2.49. The number of sulfone groups is 2. The lowest BCUT2D eigenvalue weighted by Crippen LogP contribution is -2.29. The normalized spacial score (nSPS) is 12.5. The summed E-state index contributed by atoms with van der Waals surface area (Å²) in [6, 6.07) is 13.8. The summed E-state index contributed by atoms with van der Waals surface area (Å²) in [4.78, 5) is 63.6. The second-order valence-electron chi connectivity index (χ2n) is 25.5. The van der Waals surface area contributed by atoms with Gasteiger partial charge in [0.1, 0.15) is 58.3 Å². The van der Waals surface area contributed by atoms with Crippen LogP contribution in [0.2, 0.25) is 0 Å². The topological polar surface area (TPSA) is 321 Å². The van der Waals surface area contributed by atoms with E-state index in [1.807, 2.05) is 6.92 Å². The number of rotatable bonds is 16. The first-order chi connectivity index (χ1) is 61.7. The first-order valence-electron chi connectivity index (χ1n) is 35.5. The number of hydrogen-bond acceptors (Lipinski definition) is 31. The number of carbonyl (C=O) groups excluding carboxylic acids is 1. The molecule has 24 nitrogen and oxygen atoms in total. The summed E-state index contributed by atoms with van der Waals surface area (Å²) in [5.74, 6) is -1.98. The number of thiazole rings is 7. The van der Waals surface area contributed by atoms with Crippen molar-refractivity contribution >= 4 is 134 Å². The minimum atomic E-state index is -4.91. The smallest absolute Gasteiger partial charge is 0.437 e. The van der Waals surface area contributed by atoms with Gasteiger partial charge in [0.25, 0.3) is 0 Å². The zero-order valence-corrected chi connectivity index (χ0v) is 76.2. The van der Waals surface area contributed by atoms with Gasteiger partial charge in [-0.2, -0.15) is 84.1 Å². The highest BCUT2D eigenvalue weighted by atomic mass is 32.2. The number of pyridine rings is 7. The minimum absolute atomic E-state index is 0.00572. The standard InChI is InChI=1S/C15H16FN5OS.C10H6F4N2O2S2.C10H6F4N2OS.C10H6F4N2S2.C10H7F3N2O2S2.C10H7F3N2OS.C10H7F3N2S2/c1-8(20-21-15(22)17-2)13-12(9-3-4-9)19-14(23-13)10-5-11(16)7-18-6-10;1-20(17,18)9-7(10(12,13)14)16-8(19-9)5-2-6(11)4-15-3-5;2*1-17-9-7(10(12,13)14)16-8(18-9)5-2-6(11)4-15-3-5;1-19(16,17)9-7(10(11,12)13)15-8(18-9)6-3-2-4-14-5-6;2*1-16-9-7(10(11,12)13)15-8(17-9)6-3-2-4-14-5-6/h5-7,9H,3-4H2,1-2H3,(H2,17,21,22);2-4H,1H3;2*2-4H,1H3;2-5H,1H3;2*2-5H,1H3/b20-8+;;;;;;. The van der Waals surface area contributed by atoms with Gasteiger partial charge in [0.15, 0.2) is 62.3 Å². The molecule has 702 valence electrons. The summed E-state index contributed by atoms with van der Waals surface area (Å²) in [5, 5.41) is 7.06. The van der Waals surface area contributed by atoms with Crippen LogP contribution in [-0.4, -0.2) is 145 Å². The zero-order valence-electron chi connectivity index (χ0n) is 67.2. The van der Waals surface area contributed by atoms with Crippen molar-refractivity contribution in [2.45, 2.75) is 79.6 Å². The fourth-order valence-electron chi connectivity index (χ4n) is 9.88. The van der Waals surface area contributed by atoms with Crippen molar-refractivity contribution in [1.82, 2.24) is 80.5 Å². The molecule has 0 saturated heterocycles. The molecule has 15 rings (SSSR count). The van der Waals surface area contributed by atoms with Crippen LogP contribution in [0.1, 0.15) is 70.4 Å². The Kier molecular flexibility index (Phi) is 35.1. The van der Waals surface area contributed by atoms with Crippen molar-refractivity contribution in [3.63, 3.8) is 0 Å². The number of aromatic nitrogens is 14. The monoisotopic (exact) mass is 2080 g/mol. The summed E-state index contributed by atoms with van der Waals surface area (Å²) in [7, 11) is -4.24. The second-order valence-corrected chi connectivity index (χ2v) is 39.0. The van der Waals surface area contributed by atoms with Gasteiger partial charge < -0.3 is 14.8 Å². The molecule has 1 aliphatic rings. The molecule has 1 aliphatic carbocycles. The van der Waals surface area contributed by atoms with E-state index in [9.17, 15) is 118 Å². The molecule has 1 fully saturated rings. The van der Waals surface area contributed by atoms with Crippen LogP contribution in [0.3, 0.4) is 0 Å². The number of halogens is 22. The van der Waals surface area contributed by atoms with Crippen LogP contribution >= 0.6 is 103 Å². The van der Waals surface area contributed by atoms with Gasteiger partial charge in [0.05, 0.1) is 63.7 Å². The van der Waals surface area contributed by atoms with E-state index in [1.165, 1.54) is 93.3 Å². The molecule has 0 atom stereocenters. The van der Waals surface area contributed by atoms with Crippen molar-refractivity contribution in [3.8, 4) is 84.1 Å². The number of hydrogen-bond donors (Lipinski definition) is 2. The number of hydrazone groups is 1. The first kappa shape index (κ1) is 105. The lowest BCUT2D eigenvalue weighted by Gasteiger charge is -2.03. The Morgan fingerprint density at radius 3 is 0.939 bits per heavy atom. The van der Waals surface area contributed by atoms with Gasteiger partial charge in [-0.25, -0.2) is 79.5 Å². The maximum atomic E-state index is 13.4. The Morgan fingerprint density at radius 1 is 0.402 bits per heavy atom. The van der Waals surface area contributed by atoms with Gasteiger partial charge in [-0.05, 0) is 92.9 Å². The van der Waals surface area contributed by atoms with E-state index in [1.54, 1.807) is 49.1 Å². The van der Waals surface area contributed by atoms with Gasteiger partial charge >= 0.3 is 43.1 Å². The summed E-state index contributed by atoms with van der Waals surface area (Å²) >= 11 is 7.71. The van der Waals surface area contributed by atoms with E-state index < -0.39 is 117 Å². The van der Waals surface area contributed by atoms with E-state index >= 15 is 0 Å². The number of nitrogens with zero attached hydrogens (tertiary/aromatic N) is 15. The molecular weight excluding hydrogens is 2020 g/mol. The molecule has 0 radical (unpaired) electrons. The largest absolute Gasteiger partial charge is 0.486 e. The number of urea groups is 1. The van der Waals surface area contributed by atoms with Gasteiger partial charge in [0.2, 0.25) is 10.1 Å². The zero-order chi connectivity index (χ0) is 97.4. The van der Waals surface area contributed by atoms with Crippen LogP contribution < -0.4 is 20.2 Å². The third kappa shape index (κ3) is 29.0. The van der Waals surface area contributed by atoms with Crippen LogP contribution in [0.5, 0.6) is 10.1 Å². The van der Waals surface area contributed by atoms with E-state index in [0.717, 1.165) is 137 Å². The highest BCUT2D eigenvalue weighted by molar-refractivity contribution is 8.00. The Morgan fingerprint density at radius 2 is 0.682 bits per heavy atom. The Hall–Kier alpha value is -10.9. The number of carbonyl (C=O) groups is 1. The van der Waals surface area contributed by atoms with Crippen molar-refractivity contribution in [1.29, 1.82) is 0 Å². The van der Waals surface area contributed by atoms with Crippen molar-refractivity contribution in [3.05, 3.63) is 215 Å². The third-order valence-electron chi connectivity index (χ3n) is 15.6. The molecule has 0 aromatic carbocycles. The van der Waals surface area contributed by atoms with Crippen LogP contribution in [0.15, 0.2) is 169 Å². The van der Waals surface area contributed by atoms with Crippen molar-refractivity contribution in [2.24, 2.45) is 5.10 Å². The fourth-order valence-corrected chi connectivity index (χ4v) is 20.5. The van der Waals surface area contributed by atoms with Crippen LogP contribution in [0.4, 0.5) is 101 Å². The predicted molar refractivity (Wildman–Crippen MR) is 452 cm³/mol. The number of nitrogens with one attached hydrogen (secondary N) is 2. The van der Waals surface area contributed by atoms with Gasteiger partial charge in [0, 0.05) is 126 Å². The SMILES string of the molecule is CNC(=O)N/N=C(\C)c1sc(-c2cncc(F)c2)nc1C1CC1.COc1sc(-c2cccnc2)nc1C(F)(F)F.COc1sc(-c2cncc(F)c2)nc1C(F)(F)F.CS(=O)(=O)c1sc(-c2cccnc2)nc1C(F)(F)F.CS(=O)(=O)c1sc(-c2cncc(F)c2)nc1C(F)(F)F.CSc1sc(-c2cccnc2)nc1C(F)(F)F.CSc1sc(-c2cncc(F)c2)nc1C(F)(F)F. The van der Waals surface area contributed by atoms with Crippen LogP contribution in [0.25, 0.3) is 74.0 Å². The summed E-state index contributed by atoms with van der Waals surface area (Å²) in [6.45, 7) is 1.82. The molecule has 14 aromatic heterocycles. The molecular formula is C75H55F22N17O7S11. The van der Waals surface area contributed by atoms with Gasteiger partial charge in [-0.15, -0.1) is 80.2 Å². The predicted octanol–water partition coefficient (Wildman–Crippen LogP) is 22.9. The molecule has 0 bridgehead atoms. The second kappa shape index (κ2) is 44.3. The molecule has 132 heavy (non-hydrogen) atoms. The molecule has 0 aliphatic heterocycles. The Labute approximate surface area is 767 Å². The summed E-state index contributed by atoms with van der Waals surface area (Å²) < 4.78 is 334. The molecule has 14 heterocycles. The average molecular weight is 2080 g/mol. The first-order valence-corrected chi connectivity index (χ1v) is 47.4. The van der Waals surface area contributed by atoms with Crippen molar-refractivity contribution in [2.75, 3.05) is 46.3 Å². The third-order valence-corrected chi connectivity index (χ3v) is 29.3. The van der Waals surface area contributed by atoms with E-state index in [4.69, 9.17) is 0 Å². The number of ether oxygens (including phenoxy) is 2. The lowest BCUT2D eigenvalue weighted by molar-refractivity contribution is -0.143. The summed E-state index contributed by atoms with van der Waals surface area (Å²) in [5.41, 5.74) is -0.136. The summed E-state index contributed by atoms with van der Waals surface area (Å²) in [6.07, 6.45) is -2.99. The molecule has 2 amide bonds. The van der Waals surface area contributed by atoms with E-state index in [0.29, 0.717) is 84.2 Å². The van der Waals surface area contributed by atoms with Gasteiger partial charge in [-0.3, -0.25) is 34.9 Å². The minimum Gasteiger partial charge on any atom is -0.486 e. The van der Waals surface area contributed by atoms with E-state index in [-0.39, 0.29) is 72.1 Å². The number of thioether (sulfide) groups is 2.